The van der Waals surface area contributed by atoms with E-state index >= 15 is 0 Å². The summed E-state index contributed by atoms with van der Waals surface area (Å²) in [5.41, 5.74) is 1.59. The first kappa shape index (κ1) is 16.7. The average Bonchev–Trinajstić information content (AvgIpc) is 2.57. The number of benzene rings is 2. The predicted molar refractivity (Wildman–Crippen MR) is 113 cm³/mol. The van der Waals surface area contributed by atoms with Crippen LogP contribution in [0.25, 0.3) is 0 Å². The standard InChI is InChI=1S/C21H22IS/c1-21(2,3)17-9-11-19(12-10-17)23(18-7-5-4-6-8-18)20-13-15-22-16-14-20/h4-16H,1-3H3/q+1. The van der Waals surface area contributed by atoms with Crippen molar-refractivity contribution in [1.29, 1.82) is 0 Å². The summed E-state index contributed by atoms with van der Waals surface area (Å²) in [7, 11) is -0.0121. The minimum Gasteiger partial charge on any atom is -0.0934 e. The molecule has 2 heteroatoms. The maximum atomic E-state index is 2.36. The Morgan fingerprint density at radius 2 is 1.48 bits per heavy atom. The molecule has 0 aromatic heterocycles. The van der Waals surface area contributed by atoms with E-state index in [1.165, 1.54) is 20.3 Å². The van der Waals surface area contributed by atoms with Gasteiger partial charge in [0.15, 0.2) is 14.7 Å². The Labute approximate surface area is 152 Å². The largest absolute Gasteiger partial charge is 0.167 e. The molecule has 1 unspecified atom stereocenters. The first-order valence-electron chi connectivity index (χ1n) is 7.77. The molecule has 118 valence electrons. The molecule has 2 aromatic rings. The number of hydrogen-bond donors (Lipinski definition) is 0. The Kier molecular flexibility index (Phi) is 5.22. The first-order chi connectivity index (χ1) is 11.1. The minimum absolute atomic E-state index is 0.0121. The summed E-state index contributed by atoms with van der Waals surface area (Å²) in [6.45, 7) is 6.80. The van der Waals surface area contributed by atoms with Gasteiger partial charge < -0.3 is 0 Å². The number of rotatable bonds is 3. The summed E-state index contributed by atoms with van der Waals surface area (Å²) in [4.78, 5) is 4.21. The highest BCUT2D eigenvalue weighted by Crippen LogP contribution is 2.33. The first-order valence-corrected chi connectivity index (χ1v) is 11.5. The zero-order valence-corrected chi connectivity index (χ0v) is 16.8. The van der Waals surface area contributed by atoms with Crippen LogP contribution in [0.5, 0.6) is 0 Å². The van der Waals surface area contributed by atoms with Gasteiger partial charge in [0.1, 0.15) is 0 Å². The molecule has 0 radical (unpaired) electrons. The SMILES string of the molecule is CC(C)(C)c1ccc([S+](C2=CC=IC=C2)c2ccccc2)cc1. The van der Waals surface area contributed by atoms with Crippen LogP contribution in [0.4, 0.5) is 0 Å². The Morgan fingerprint density at radius 3 is 2.04 bits per heavy atom. The van der Waals surface area contributed by atoms with Crippen LogP contribution in [0.2, 0.25) is 0 Å². The van der Waals surface area contributed by atoms with Crippen LogP contribution in [0.15, 0.2) is 85.5 Å². The van der Waals surface area contributed by atoms with Crippen molar-refractivity contribution in [1.82, 2.24) is 0 Å². The second-order valence-electron chi connectivity index (χ2n) is 6.51. The smallest absolute Gasteiger partial charge is 0.0934 e. The van der Waals surface area contributed by atoms with Gasteiger partial charge in [0.25, 0.3) is 0 Å². The highest BCUT2D eigenvalue weighted by Gasteiger charge is 2.30. The molecule has 0 amide bonds. The summed E-state index contributed by atoms with van der Waals surface area (Å²) in [6.07, 6.45) is 4.67. The molecule has 0 saturated heterocycles. The molecule has 0 nitrogen and oxygen atoms in total. The van der Waals surface area contributed by atoms with Crippen molar-refractivity contribution in [2.45, 2.75) is 36.0 Å². The normalized spacial score (nSPS) is 15.7. The van der Waals surface area contributed by atoms with Crippen LogP contribution < -0.4 is 0 Å². The molecule has 1 heterocycles. The monoisotopic (exact) mass is 433 g/mol. The topological polar surface area (TPSA) is 0 Å². The van der Waals surface area contributed by atoms with Gasteiger partial charge in [-0.15, -0.1) is 0 Å². The van der Waals surface area contributed by atoms with Gasteiger partial charge in [-0.25, -0.2) is 0 Å². The number of halogens is 1. The predicted octanol–water partition coefficient (Wildman–Crippen LogP) is 6.20. The lowest BCUT2D eigenvalue weighted by Gasteiger charge is -2.19. The van der Waals surface area contributed by atoms with Crippen LogP contribution in [0, 0.1) is 0 Å². The summed E-state index contributed by atoms with van der Waals surface area (Å²) in [6, 6.07) is 20.1. The molecule has 1 aliphatic rings. The third kappa shape index (κ3) is 4.04. The average molecular weight is 433 g/mol. The van der Waals surface area contributed by atoms with E-state index in [0.717, 1.165) is 0 Å². The van der Waals surface area contributed by atoms with E-state index in [1.807, 2.05) is 0 Å². The zero-order chi connectivity index (χ0) is 16.3. The Bertz CT molecular complexity index is 747. The van der Waals surface area contributed by atoms with Crippen molar-refractivity contribution < 1.29 is 0 Å². The van der Waals surface area contributed by atoms with Crippen molar-refractivity contribution in [3.05, 3.63) is 81.3 Å². The van der Waals surface area contributed by atoms with Crippen molar-refractivity contribution in [3.63, 3.8) is 0 Å². The van der Waals surface area contributed by atoms with E-state index in [4.69, 9.17) is 0 Å². The van der Waals surface area contributed by atoms with Gasteiger partial charge in [-0.2, -0.15) is 0 Å². The molecule has 0 bridgehead atoms. The fourth-order valence-electron chi connectivity index (χ4n) is 2.49. The van der Waals surface area contributed by atoms with E-state index in [2.05, 4.69) is 95.6 Å². The van der Waals surface area contributed by atoms with Gasteiger partial charge in [0.2, 0.25) is 0 Å². The molecular weight excluding hydrogens is 411 g/mol. The third-order valence-corrected chi connectivity index (χ3v) is 7.55. The summed E-state index contributed by atoms with van der Waals surface area (Å²) < 4.78 is 4.72. The Morgan fingerprint density at radius 1 is 0.826 bits per heavy atom. The van der Waals surface area contributed by atoms with Gasteiger partial charge in [-0.05, 0) is 55.5 Å². The van der Waals surface area contributed by atoms with Crippen LogP contribution in [-0.2, 0) is 16.3 Å². The lowest BCUT2D eigenvalue weighted by atomic mass is 9.87. The number of allylic oxidation sites excluding steroid dienone is 2. The van der Waals surface area contributed by atoms with Crippen LogP contribution in [0.1, 0.15) is 26.3 Å². The molecule has 0 N–H and O–H groups in total. The maximum Gasteiger partial charge on any atom is 0.167 e. The van der Waals surface area contributed by atoms with E-state index in [1.54, 1.807) is 0 Å². The van der Waals surface area contributed by atoms with Gasteiger partial charge in [-0.1, -0.05) is 71.8 Å². The molecule has 1 aliphatic heterocycles. The fourth-order valence-corrected chi connectivity index (χ4v) is 6.47. The highest BCUT2D eigenvalue weighted by atomic mass is 127. The minimum atomic E-state index is -0.0121. The van der Waals surface area contributed by atoms with Crippen LogP contribution in [0.3, 0.4) is 0 Å². The van der Waals surface area contributed by atoms with Crippen LogP contribution in [-0.4, -0.2) is 4.01 Å². The second kappa shape index (κ2) is 7.18. The van der Waals surface area contributed by atoms with Crippen molar-refractivity contribution in [3.8, 4) is 0 Å². The molecular formula is C21H22IS+. The zero-order valence-electron chi connectivity index (χ0n) is 13.8. The highest BCUT2D eigenvalue weighted by molar-refractivity contribution is 14.2. The van der Waals surface area contributed by atoms with Gasteiger partial charge >= 0.3 is 0 Å². The summed E-state index contributed by atoms with van der Waals surface area (Å²) in [5, 5.41) is 0. The fraction of sp³-hybridized carbons (Fsp3) is 0.190. The molecule has 3 rings (SSSR count). The lowest BCUT2D eigenvalue weighted by Crippen LogP contribution is -2.12. The van der Waals surface area contributed by atoms with Crippen molar-refractivity contribution in [2.24, 2.45) is 0 Å². The Hall–Kier alpha value is -1.13. The van der Waals surface area contributed by atoms with Crippen molar-refractivity contribution >= 4 is 35.6 Å². The quantitative estimate of drug-likeness (QED) is 0.399. The van der Waals surface area contributed by atoms with Gasteiger partial charge in [0.05, 0.1) is 10.9 Å². The molecule has 2 aromatic carbocycles. The molecule has 0 spiro atoms. The third-order valence-electron chi connectivity index (χ3n) is 3.77. The van der Waals surface area contributed by atoms with E-state index in [0.29, 0.717) is 0 Å². The van der Waals surface area contributed by atoms with E-state index in [9.17, 15) is 0 Å². The van der Waals surface area contributed by atoms with Crippen LogP contribution >= 0.6 is 20.7 Å². The molecule has 23 heavy (non-hydrogen) atoms. The van der Waals surface area contributed by atoms with Gasteiger partial charge in [-0.3, -0.25) is 0 Å². The molecule has 0 saturated carbocycles. The number of hydrogen-bond acceptors (Lipinski definition) is 0. The summed E-state index contributed by atoms with van der Waals surface area (Å²) >= 11 is 0.123. The van der Waals surface area contributed by atoms with E-state index < -0.39 is 0 Å². The second-order valence-corrected chi connectivity index (χ2v) is 10.7. The maximum absolute atomic E-state index is 2.36. The van der Waals surface area contributed by atoms with Gasteiger partial charge in [0, 0.05) is 0 Å². The Balaban J connectivity index is 2.04. The van der Waals surface area contributed by atoms with E-state index in [-0.39, 0.29) is 37.0 Å². The lowest BCUT2D eigenvalue weighted by molar-refractivity contribution is 0.589. The molecule has 1 atom stereocenters. The molecule has 0 aliphatic carbocycles. The van der Waals surface area contributed by atoms with Crippen molar-refractivity contribution in [2.75, 3.05) is 0 Å². The molecule has 0 fully saturated rings. The summed E-state index contributed by atoms with van der Waals surface area (Å²) in [5.74, 6) is 0.